The summed E-state index contributed by atoms with van der Waals surface area (Å²) < 4.78 is 5.38. The van der Waals surface area contributed by atoms with Crippen LogP contribution in [0.15, 0.2) is 0 Å². The van der Waals surface area contributed by atoms with E-state index in [1.807, 2.05) is 11.3 Å². The van der Waals surface area contributed by atoms with Gasteiger partial charge in [-0.15, -0.1) is 11.3 Å². The van der Waals surface area contributed by atoms with Gasteiger partial charge in [-0.1, -0.05) is 0 Å². The molecule has 0 saturated carbocycles. The lowest BCUT2D eigenvalue weighted by atomic mass is 10.0. The van der Waals surface area contributed by atoms with Crippen LogP contribution in [0.1, 0.15) is 40.8 Å². The van der Waals surface area contributed by atoms with Crippen molar-refractivity contribution >= 4 is 11.3 Å². The van der Waals surface area contributed by atoms with Crippen molar-refractivity contribution in [2.45, 2.75) is 38.5 Å². The number of hydrogen-bond donors (Lipinski definition) is 1. The van der Waals surface area contributed by atoms with Crippen LogP contribution in [-0.2, 0) is 11.2 Å². The quantitative estimate of drug-likeness (QED) is 0.878. The maximum atomic E-state index is 5.54. The minimum atomic E-state index is 0.629. The van der Waals surface area contributed by atoms with Gasteiger partial charge in [-0.25, -0.2) is 4.98 Å². The molecule has 0 bridgehead atoms. The topological polar surface area (TPSA) is 48.1 Å². The second-order valence-corrected chi connectivity index (χ2v) is 5.45. The van der Waals surface area contributed by atoms with Gasteiger partial charge in [-0.2, -0.15) is 0 Å². The van der Waals surface area contributed by atoms with E-state index in [4.69, 9.17) is 15.5 Å². The van der Waals surface area contributed by atoms with Gasteiger partial charge in [0.2, 0.25) is 0 Å². The van der Waals surface area contributed by atoms with Crippen molar-refractivity contribution in [3.8, 4) is 0 Å². The summed E-state index contributed by atoms with van der Waals surface area (Å²) in [6.45, 7) is 4.66. The van der Waals surface area contributed by atoms with E-state index in [-0.39, 0.29) is 0 Å². The van der Waals surface area contributed by atoms with E-state index in [2.05, 4.69) is 6.92 Å². The van der Waals surface area contributed by atoms with Crippen LogP contribution in [0, 0.1) is 6.92 Å². The zero-order valence-electron chi connectivity index (χ0n) is 9.87. The summed E-state index contributed by atoms with van der Waals surface area (Å²) in [6.07, 6.45) is 4.41. The van der Waals surface area contributed by atoms with E-state index in [1.54, 1.807) is 0 Å². The lowest BCUT2D eigenvalue weighted by Gasteiger charge is -2.19. The molecular formula is C12H20N2OS. The molecule has 0 aliphatic carbocycles. The largest absolute Gasteiger partial charge is 0.381 e. The van der Waals surface area contributed by atoms with Crippen LogP contribution in [0.5, 0.6) is 0 Å². The summed E-state index contributed by atoms with van der Waals surface area (Å²) in [4.78, 5) is 6.13. The average Bonchev–Trinajstić information content (AvgIpc) is 2.69. The number of nitrogens with two attached hydrogens (primary N) is 1. The number of rotatable bonds is 4. The van der Waals surface area contributed by atoms with Crippen LogP contribution in [0.4, 0.5) is 0 Å². The van der Waals surface area contributed by atoms with Crippen molar-refractivity contribution in [1.29, 1.82) is 0 Å². The first kappa shape index (κ1) is 12.0. The Balaban J connectivity index is 2.03. The molecule has 2 N–H and O–H groups in total. The second kappa shape index (κ2) is 5.75. The van der Waals surface area contributed by atoms with Gasteiger partial charge in [-0.3, -0.25) is 0 Å². The van der Waals surface area contributed by atoms with Crippen molar-refractivity contribution in [2.24, 2.45) is 5.73 Å². The van der Waals surface area contributed by atoms with E-state index >= 15 is 0 Å². The minimum absolute atomic E-state index is 0.629. The van der Waals surface area contributed by atoms with Crippen molar-refractivity contribution in [2.75, 3.05) is 19.8 Å². The number of thiazole rings is 1. The predicted molar refractivity (Wildman–Crippen MR) is 67.0 cm³/mol. The fourth-order valence-electron chi connectivity index (χ4n) is 2.06. The van der Waals surface area contributed by atoms with Gasteiger partial charge in [0.25, 0.3) is 0 Å². The number of aromatic nitrogens is 1. The number of ether oxygens (including phenoxy) is 1. The van der Waals surface area contributed by atoms with Crippen molar-refractivity contribution in [3.05, 3.63) is 15.6 Å². The summed E-state index contributed by atoms with van der Waals surface area (Å²) in [6, 6.07) is 0. The zero-order valence-corrected chi connectivity index (χ0v) is 10.7. The highest BCUT2D eigenvalue weighted by atomic mass is 32.1. The first-order chi connectivity index (χ1) is 7.81. The van der Waals surface area contributed by atoms with Crippen LogP contribution in [-0.4, -0.2) is 24.7 Å². The first-order valence-electron chi connectivity index (χ1n) is 6.05. The maximum absolute atomic E-state index is 5.54. The van der Waals surface area contributed by atoms with Crippen LogP contribution < -0.4 is 5.73 Å². The normalized spacial score (nSPS) is 17.9. The van der Waals surface area contributed by atoms with E-state index in [0.717, 1.165) is 45.4 Å². The Hall–Kier alpha value is -0.450. The third-order valence-corrected chi connectivity index (χ3v) is 4.47. The van der Waals surface area contributed by atoms with Gasteiger partial charge >= 0.3 is 0 Å². The summed E-state index contributed by atoms with van der Waals surface area (Å²) >= 11 is 1.88. The Bertz CT molecular complexity index is 332. The molecule has 3 nitrogen and oxygen atoms in total. The van der Waals surface area contributed by atoms with Crippen LogP contribution in [0.3, 0.4) is 0 Å². The number of hydrogen-bond acceptors (Lipinski definition) is 4. The lowest BCUT2D eigenvalue weighted by Crippen LogP contribution is -2.13. The molecule has 1 aromatic rings. The molecule has 2 heterocycles. The Labute approximate surface area is 101 Å². The highest BCUT2D eigenvalue weighted by molar-refractivity contribution is 7.11. The summed E-state index contributed by atoms with van der Waals surface area (Å²) in [5, 5.41) is 1.31. The summed E-state index contributed by atoms with van der Waals surface area (Å²) in [7, 11) is 0. The fraction of sp³-hybridized carbons (Fsp3) is 0.750. The molecule has 0 spiro atoms. The van der Waals surface area contributed by atoms with Gasteiger partial charge in [0.15, 0.2) is 0 Å². The Morgan fingerprint density at radius 3 is 2.88 bits per heavy atom. The van der Waals surface area contributed by atoms with Gasteiger partial charge < -0.3 is 10.5 Å². The monoisotopic (exact) mass is 240 g/mol. The average molecular weight is 240 g/mol. The molecule has 1 aliphatic rings. The Morgan fingerprint density at radius 2 is 2.19 bits per heavy atom. The highest BCUT2D eigenvalue weighted by Crippen LogP contribution is 2.32. The predicted octanol–water partition coefficient (Wildman–Crippen LogP) is 2.24. The Morgan fingerprint density at radius 1 is 1.44 bits per heavy atom. The highest BCUT2D eigenvalue weighted by Gasteiger charge is 2.20. The third-order valence-electron chi connectivity index (χ3n) is 3.09. The van der Waals surface area contributed by atoms with Gasteiger partial charge in [0, 0.05) is 24.0 Å². The number of nitrogens with zero attached hydrogens (tertiary/aromatic N) is 1. The standard InChI is InChI=1S/C12H20N2OS/c1-9-11(3-2-6-13)16-12(14-9)10-4-7-15-8-5-10/h10H,2-8,13H2,1H3. The minimum Gasteiger partial charge on any atom is -0.381 e. The fourth-order valence-corrected chi connectivity index (χ4v) is 3.34. The van der Waals surface area contributed by atoms with Crippen molar-refractivity contribution < 1.29 is 4.74 Å². The number of aryl methyl sites for hydroxylation is 2. The molecule has 1 saturated heterocycles. The van der Waals surface area contributed by atoms with E-state index in [0.29, 0.717) is 5.92 Å². The Kier molecular flexibility index (Phi) is 4.32. The SMILES string of the molecule is Cc1nc(C2CCOCC2)sc1CCCN. The molecule has 0 amide bonds. The van der Waals surface area contributed by atoms with Crippen LogP contribution in [0.25, 0.3) is 0 Å². The maximum Gasteiger partial charge on any atom is 0.0963 e. The molecule has 1 aliphatic heterocycles. The summed E-state index contributed by atoms with van der Waals surface area (Å²) in [5.74, 6) is 0.629. The molecule has 0 atom stereocenters. The first-order valence-corrected chi connectivity index (χ1v) is 6.87. The third kappa shape index (κ3) is 2.81. The van der Waals surface area contributed by atoms with E-state index in [1.165, 1.54) is 15.6 Å². The van der Waals surface area contributed by atoms with E-state index < -0.39 is 0 Å². The molecule has 16 heavy (non-hydrogen) atoms. The van der Waals surface area contributed by atoms with E-state index in [9.17, 15) is 0 Å². The lowest BCUT2D eigenvalue weighted by molar-refractivity contribution is 0.0852. The van der Waals surface area contributed by atoms with Gasteiger partial charge in [-0.05, 0) is 39.2 Å². The molecule has 4 heteroatoms. The van der Waals surface area contributed by atoms with Gasteiger partial charge in [0.1, 0.15) is 0 Å². The molecule has 90 valence electrons. The molecule has 2 rings (SSSR count). The zero-order chi connectivity index (χ0) is 11.4. The van der Waals surface area contributed by atoms with Crippen molar-refractivity contribution in [1.82, 2.24) is 4.98 Å². The molecule has 0 unspecified atom stereocenters. The molecule has 0 aromatic carbocycles. The second-order valence-electron chi connectivity index (χ2n) is 4.34. The van der Waals surface area contributed by atoms with Crippen LogP contribution in [0.2, 0.25) is 0 Å². The molecular weight excluding hydrogens is 220 g/mol. The van der Waals surface area contributed by atoms with Crippen molar-refractivity contribution in [3.63, 3.8) is 0 Å². The van der Waals surface area contributed by atoms with Gasteiger partial charge in [0.05, 0.1) is 10.7 Å². The molecule has 1 aromatic heterocycles. The van der Waals surface area contributed by atoms with Crippen LogP contribution >= 0.6 is 11.3 Å². The smallest absolute Gasteiger partial charge is 0.0963 e. The summed E-state index contributed by atoms with van der Waals surface area (Å²) in [5.41, 5.74) is 6.75. The molecule has 0 radical (unpaired) electrons. The molecule has 1 fully saturated rings.